The number of fused-ring (bicyclic) bond motifs is 2. The van der Waals surface area contributed by atoms with Crippen molar-refractivity contribution in [3.05, 3.63) is 46.1 Å². The van der Waals surface area contributed by atoms with Gasteiger partial charge >= 0.3 is 0 Å². The minimum atomic E-state index is -0.125. The summed E-state index contributed by atoms with van der Waals surface area (Å²) in [4.78, 5) is 26.1. The van der Waals surface area contributed by atoms with E-state index in [1.54, 1.807) is 7.11 Å². The Labute approximate surface area is 197 Å². The molecule has 1 amide bonds. The Morgan fingerprint density at radius 2 is 2.12 bits per heavy atom. The third kappa shape index (κ3) is 4.16. The first-order valence-corrected chi connectivity index (χ1v) is 12.2. The van der Waals surface area contributed by atoms with Crippen LogP contribution < -0.4 is 21.7 Å². The predicted octanol–water partition coefficient (Wildman–Crippen LogP) is 2.42. The van der Waals surface area contributed by atoms with Crippen LogP contribution in [0.1, 0.15) is 39.5 Å². The van der Waals surface area contributed by atoms with Gasteiger partial charge in [-0.2, -0.15) is 0 Å². The molecule has 9 heteroatoms. The first-order chi connectivity index (χ1) is 15.9. The van der Waals surface area contributed by atoms with Gasteiger partial charge < -0.3 is 26.4 Å². The molecule has 5 rings (SSSR count). The van der Waals surface area contributed by atoms with Crippen LogP contribution in [0.4, 0.5) is 11.5 Å². The van der Waals surface area contributed by atoms with E-state index in [9.17, 15) is 4.79 Å². The van der Waals surface area contributed by atoms with E-state index in [0.29, 0.717) is 17.2 Å². The zero-order valence-electron chi connectivity index (χ0n) is 19.0. The largest absolute Gasteiger partial charge is 0.397 e. The maximum absolute atomic E-state index is 13.0. The summed E-state index contributed by atoms with van der Waals surface area (Å²) < 4.78 is 5.38. The van der Waals surface area contributed by atoms with E-state index >= 15 is 0 Å². The van der Waals surface area contributed by atoms with Gasteiger partial charge in [0.15, 0.2) is 0 Å². The van der Waals surface area contributed by atoms with Crippen molar-refractivity contribution in [1.29, 1.82) is 0 Å². The van der Waals surface area contributed by atoms with Crippen LogP contribution in [0.5, 0.6) is 0 Å². The van der Waals surface area contributed by atoms with E-state index in [1.165, 1.54) is 16.9 Å². The normalized spacial score (nSPS) is 22.5. The van der Waals surface area contributed by atoms with E-state index in [4.69, 9.17) is 21.2 Å². The molecule has 1 aliphatic carbocycles. The molecular formula is C24H30N6O2S. The van der Waals surface area contributed by atoms with Crippen molar-refractivity contribution >= 4 is 39.0 Å². The zero-order chi connectivity index (χ0) is 23.1. The molecule has 0 bridgehead atoms. The summed E-state index contributed by atoms with van der Waals surface area (Å²) in [5.41, 5.74) is 16.3. The molecule has 2 aliphatic rings. The number of nitrogen functional groups attached to an aromatic ring is 1. The summed E-state index contributed by atoms with van der Waals surface area (Å²) >= 11 is 1.35. The maximum Gasteiger partial charge on any atom is 0.263 e. The molecule has 33 heavy (non-hydrogen) atoms. The number of amides is 1. The van der Waals surface area contributed by atoms with Crippen molar-refractivity contribution in [3.8, 4) is 0 Å². The van der Waals surface area contributed by atoms with Crippen LogP contribution >= 0.6 is 11.3 Å². The van der Waals surface area contributed by atoms with Gasteiger partial charge in [0.1, 0.15) is 15.5 Å². The SMILES string of the molecule is COC[C@@H]1[C@@H](N)CCN1c1ccc2c(n1)CC[C@H](NC(=O)c1sc3nc(C)ccc3c1N)C2. The molecule has 3 aromatic heterocycles. The molecule has 8 nitrogen and oxygen atoms in total. The summed E-state index contributed by atoms with van der Waals surface area (Å²) in [6, 6.07) is 8.37. The number of anilines is 2. The minimum Gasteiger partial charge on any atom is -0.397 e. The second-order valence-corrected chi connectivity index (χ2v) is 10.0. The van der Waals surface area contributed by atoms with Crippen molar-refractivity contribution < 1.29 is 9.53 Å². The lowest BCUT2D eigenvalue weighted by atomic mass is 9.91. The average molecular weight is 467 g/mol. The lowest BCUT2D eigenvalue weighted by Crippen LogP contribution is -2.43. The zero-order valence-corrected chi connectivity index (χ0v) is 19.8. The summed E-state index contributed by atoms with van der Waals surface area (Å²) in [6.07, 6.45) is 3.37. The molecule has 3 atom stereocenters. The van der Waals surface area contributed by atoms with E-state index in [2.05, 4.69) is 27.3 Å². The maximum atomic E-state index is 13.0. The highest BCUT2D eigenvalue weighted by atomic mass is 32.1. The van der Waals surface area contributed by atoms with Crippen LogP contribution in [0.25, 0.3) is 10.2 Å². The number of rotatable bonds is 5. The summed E-state index contributed by atoms with van der Waals surface area (Å²) in [5.74, 6) is 0.840. The number of aromatic nitrogens is 2. The van der Waals surface area contributed by atoms with Gasteiger partial charge in [-0.3, -0.25) is 4.79 Å². The first-order valence-electron chi connectivity index (χ1n) is 11.4. The summed E-state index contributed by atoms with van der Waals surface area (Å²) in [5, 5.41) is 4.03. The second kappa shape index (κ2) is 8.89. The molecule has 0 radical (unpaired) electrons. The molecular weight excluding hydrogens is 436 g/mol. The standard InChI is InChI=1S/C24H30N6O2S/c1-13-3-6-16-21(26)22(33-24(16)27-13)23(31)28-15-5-7-18-14(11-15)4-8-20(29-18)30-10-9-17(25)19(30)12-32-2/h3-4,6,8,15,17,19H,5,7,9-12,25-26H2,1-2H3,(H,28,31)/t15-,17-,19+/m0/s1. The van der Waals surface area contributed by atoms with Gasteiger partial charge in [0.25, 0.3) is 5.91 Å². The number of thiophene rings is 1. The fourth-order valence-electron chi connectivity index (χ4n) is 4.94. The number of hydrogen-bond donors (Lipinski definition) is 3. The van der Waals surface area contributed by atoms with Crippen LogP contribution in [-0.2, 0) is 17.6 Å². The third-order valence-corrected chi connectivity index (χ3v) is 7.87. The van der Waals surface area contributed by atoms with Gasteiger partial charge in [-0.1, -0.05) is 6.07 Å². The van der Waals surface area contributed by atoms with Crippen LogP contribution in [0.15, 0.2) is 24.3 Å². The van der Waals surface area contributed by atoms with Crippen molar-refractivity contribution in [3.63, 3.8) is 0 Å². The molecule has 1 aliphatic heterocycles. The number of carbonyl (C=O) groups is 1. The molecule has 0 saturated carbocycles. The number of carbonyl (C=O) groups excluding carboxylic acids is 1. The van der Waals surface area contributed by atoms with E-state index in [0.717, 1.165) is 59.7 Å². The fraction of sp³-hybridized carbons (Fsp3) is 0.458. The van der Waals surface area contributed by atoms with Crippen LogP contribution in [0, 0.1) is 6.92 Å². The van der Waals surface area contributed by atoms with Crippen molar-refractivity contribution in [2.24, 2.45) is 5.73 Å². The van der Waals surface area contributed by atoms with Crippen LogP contribution in [-0.4, -0.2) is 54.3 Å². The van der Waals surface area contributed by atoms with Crippen LogP contribution in [0.3, 0.4) is 0 Å². The summed E-state index contributed by atoms with van der Waals surface area (Å²) in [6.45, 7) is 3.43. The van der Waals surface area contributed by atoms with Gasteiger partial charge in [0.2, 0.25) is 0 Å². The average Bonchev–Trinajstić information content (AvgIpc) is 3.33. The number of methoxy groups -OCH3 is 1. The molecule has 5 N–H and O–H groups in total. The molecule has 174 valence electrons. The van der Waals surface area contributed by atoms with Gasteiger partial charge in [-0.15, -0.1) is 11.3 Å². The number of nitrogens with one attached hydrogen (secondary N) is 1. The van der Waals surface area contributed by atoms with Gasteiger partial charge in [0, 0.05) is 42.5 Å². The number of ether oxygens (including phenoxy) is 1. The molecule has 4 heterocycles. The monoisotopic (exact) mass is 466 g/mol. The molecule has 0 aromatic carbocycles. The minimum absolute atomic E-state index is 0.0541. The molecule has 1 fully saturated rings. The predicted molar refractivity (Wildman–Crippen MR) is 132 cm³/mol. The van der Waals surface area contributed by atoms with E-state index < -0.39 is 0 Å². The highest BCUT2D eigenvalue weighted by molar-refractivity contribution is 7.21. The van der Waals surface area contributed by atoms with Crippen molar-refractivity contribution in [2.45, 2.75) is 50.7 Å². The lowest BCUT2D eigenvalue weighted by molar-refractivity contribution is 0.0938. The van der Waals surface area contributed by atoms with Crippen LogP contribution in [0.2, 0.25) is 0 Å². The smallest absolute Gasteiger partial charge is 0.263 e. The van der Waals surface area contributed by atoms with E-state index in [1.807, 2.05) is 19.1 Å². The van der Waals surface area contributed by atoms with Gasteiger partial charge in [-0.05, 0) is 56.4 Å². The molecule has 0 spiro atoms. The number of nitrogens with zero attached hydrogens (tertiary/aromatic N) is 3. The number of pyridine rings is 2. The Bertz CT molecular complexity index is 1200. The van der Waals surface area contributed by atoms with Crippen molar-refractivity contribution in [2.75, 3.05) is 30.9 Å². The number of aryl methyl sites for hydroxylation is 2. The Kier molecular flexibility index (Phi) is 5.94. The van der Waals surface area contributed by atoms with Crippen molar-refractivity contribution in [1.82, 2.24) is 15.3 Å². The topological polar surface area (TPSA) is 119 Å². The van der Waals surface area contributed by atoms with Gasteiger partial charge in [-0.25, -0.2) is 9.97 Å². The molecule has 3 aromatic rings. The highest BCUT2D eigenvalue weighted by Crippen LogP contribution is 2.33. The molecule has 1 saturated heterocycles. The summed E-state index contributed by atoms with van der Waals surface area (Å²) in [7, 11) is 1.71. The third-order valence-electron chi connectivity index (χ3n) is 6.75. The Morgan fingerprint density at radius 3 is 2.94 bits per heavy atom. The van der Waals surface area contributed by atoms with Gasteiger partial charge in [0.05, 0.1) is 18.3 Å². The highest BCUT2D eigenvalue weighted by Gasteiger charge is 2.33. The quantitative estimate of drug-likeness (QED) is 0.528. The Balaban J connectivity index is 1.29. The second-order valence-electron chi connectivity index (χ2n) is 9.01. The fourth-order valence-corrected chi connectivity index (χ4v) is 5.98. The Morgan fingerprint density at radius 1 is 1.27 bits per heavy atom. The Hall–Kier alpha value is -2.75. The lowest BCUT2D eigenvalue weighted by Gasteiger charge is -2.30. The number of hydrogen-bond acceptors (Lipinski definition) is 8. The number of nitrogens with two attached hydrogens (primary N) is 2. The molecule has 0 unspecified atom stereocenters. The first kappa shape index (κ1) is 22.1. The van der Waals surface area contributed by atoms with E-state index in [-0.39, 0.29) is 24.0 Å².